The monoisotopic (exact) mass is 367 g/mol. The summed E-state index contributed by atoms with van der Waals surface area (Å²) in [5.74, 6) is 0.176. The molecule has 0 aliphatic rings. The number of nitrogens with zero attached hydrogens (tertiary/aromatic N) is 4. The minimum atomic E-state index is -0.337. The largest absolute Gasteiger partial charge is 0.396 e. The number of nitrogen functional groups attached to an aromatic ring is 1. The molecule has 0 bridgehead atoms. The van der Waals surface area contributed by atoms with Crippen molar-refractivity contribution >= 4 is 22.9 Å². The van der Waals surface area contributed by atoms with Crippen LogP contribution >= 0.6 is 0 Å². The van der Waals surface area contributed by atoms with Gasteiger partial charge >= 0.3 is 0 Å². The first kappa shape index (κ1) is 18.1. The van der Waals surface area contributed by atoms with E-state index >= 15 is 0 Å². The Morgan fingerprint density at radius 3 is 2.81 bits per heavy atom. The Morgan fingerprint density at radius 2 is 2.15 bits per heavy atom. The fourth-order valence-electron chi connectivity index (χ4n) is 2.28. The van der Waals surface area contributed by atoms with Crippen LogP contribution in [-0.2, 0) is 6.54 Å². The average Bonchev–Trinajstić information content (AvgIpc) is 3.20. The van der Waals surface area contributed by atoms with Crippen molar-refractivity contribution in [2.24, 2.45) is 10.7 Å². The molecule has 1 aromatic carbocycles. The second-order valence-electron chi connectivity index (χ2n) is 5.52. The Bertz CT molecular complexity index is 983. The van der Waals surface area contributed by atoms with Crippen LogP contribution in [0.15, 0.2) is 58.4 Å². The third kappa shape index (κ3) is 4.27. The highest BCUT2D eigenvalue weighted by Crippen LogP contribution is 2.16. The number of hydrogen-bond acceptors (Lipinski definition) is 8. The average molecular weight is 367 g/mol. The molecule has 0 aliphatic carbocycles. The number of anilines is 2. The Morgan fingerprint density at radius 1 is 1.33 bits per heavy atom. The van der Waals surface area contributed by atoms with E-state index in [1.165, 1.54) is 18.5 Å². The molecule has 2 heterocycles. The summed E-state index contributed by atoms with van der Waals surface area (Å²) < 4.78 is 18.7. The quantitative estimate of drug-likeness (QED) is 0.570. The number of halogens is 1. The lowest BCUT2D eigenvalue weighted by Crippen LogP contribution is -2.10. The lowest BCUT2D eigenvalue weighted by Gasteiger charge is -2.06. The first-order chi connectivity index (χ1) is 13.1. The molecule has 27 heavy (non-hydrogen) atoms. The van der Waals surface area contributed by atoms with Gasteiger partial charge in [-0.05, 0) is 12.1 Å². The van der Waals surface area contributed by atoms with E-state index in [1.54, 1.807) is 37.4 Å². The molecule has 0 unspecified atom stereocenters. The van der Waals surface area contributed by atoms with Crippen LogP contribution in [0.4, 0.5) is 15.9 Å². The van der Waals surface area contributed by atoms with Gasteiger partial charge in [-0.25, -0.2) is 14.4 Å². The number of allylic oxidation sites excluding steroid dienone is 1. The highest BCUT2D eigenvalue weighted by atomic mass is 19.1. The number of hydrogen-bond donors (Lipinski definition) is 3. The van der Waals surface area contributed by atoms with Crippen LogP contribution in [0.3, 0.4) is 0 Å². The van der Waals surface area contributed by atoms with E-state index in [4.69, 9.17) is 16.0 Å². The summed E-state index contributed by atoms with van der Waals surface area (Å²) in [6, 6.07) is 8.03. The van der Waals surface area contributed by atoms with Gasteiger partial charge < -0.3 is 21.3 Å². The Kier molecular flexibility index (Phi) is 5.41. The van der Waals surface area contributed by atoms with E-state index in [1.807, 2.05) is 0 Å². The van der Waals surface area contributed by atoms with Crippen molar-refractivity contribution in [3.05, 3.63) is 71.8 Å². The number of nitrogens with two attached hydrogens (primary N) is 2. The van der Waals surface area contributed by atoms with Crippen LogP contribution in [0, 0.1) is 5.82 Å². The maximum atomic E-state index is 13.8. The van der Waals surface area contributed by atoms with Gasteiger partial charge in [-0.1, -0.05) is 23.4 Å². The maximum absolute atomic E-state index is 13.8. The molecule has 0 saturated heterocycles. The van der Waals surface area contributed by atoms with E-state index in [9.17, 15) is 4.39 Å². The first-order valence-corrected chi connectivity index (χ1v) is 8.05. The lowest BCUT2D eigenvalue weighted by atomic mass is 10.2. The third-order valence-electron chi connectivity index (χ3n) is 3.72. The Hall–Kier alpha value is -3.75. The van der Waals surface area contributed by atoms with Crippen LogP contribution in [-0.4, -0.2) is 27.9 Å². The van der Waals surface area contributed by atoms with Crippen molar-refractivity contribution < 1.29 is 8.91 Å². The predicted octanol–water partition coefficient (Wildman–Crippen LogP) is 2.22. The molecule has 0 amide bonds. The van der Waals surface area contributed by atoms with Gasteiger partial charge in [0.25, 0.3) is 0 Å². The zero-order valence-electron chi connectivity index (χ0n) is 14.6. The van der Waals surface area contributed by atoms with Crippen LogP contribution in [0.2, 0.25) is 0 Å². The number of rotatable bonds is 6. The third-order valence-corrected chi connectivity index (χ3v) is 3.72. The van der Waals surface area contributed by atoms with Gasteiger partial charge in [0.2, 0.25) is 0 Å². The molecule has 0 fully saturated rings. The fraction of sp³-hybridized carbons (Fsp3) is 0.111. The van der Waals surface area contributed by atoms with Crippen LogP contribution in [0.25, 0.3) is 5.70 Å². The van der Waals surface area contributed by atoms with Crippen molar-refractivity contribution in [3.8, 4) is 0 Å². The minimum absolute atomic E-state index is 0.111. The van der Waals surface area contributed by atoms with E-state index in [2.05, 4.69) is 25.4 Å². The minimum Gasteiger partial charge on any atom is -0.396 e. The summed E-state index contributed by atoms with van der Waals surface area (Å²) in [5, 5.41) is 6.74. The van der Waals surface area contributed by atoms with Crippen LogP contribution in [0.5, 0.6) is 0 Å². The molecule has 0 saturated carbocycles. The van der Waals surface area contributed by atoms with E-state index in [0.717, 1.165) is 0 Å². The molecule has 8 nitrogen and oxygen atoms in total. The Balaban J connectivity index is 1.94. The lowest BCUT2D eigenvalue weighted by molar-refractivity contribution is 0.418. The van der Waals surface area contributed by atoms with Gasteiger partial charge in [-0.2, -0.15) is 0 Å². The van der Waals surface area contributed by atoms with Crippen molar-refractivity contribution in [2.45, 2.75) is 6.54 Å². The highest BCUT2D eigenvalue weighted by Gasteiger charge is 2.10. The van der Waals surface area contributed by atoms with Crippen molar-refractivity contribution in [1.29, 1.82) is 0 Å². The summed E-state index contributed by atoms with van der Waals surface area (Å²) in [7, 11) is 1.71. The maximum Gasteiger partial charge on any atom is 0.177 e. The summed E-state index contributed by atoms with van der Waals surface area (Å²) >= 11 is 0. The number of benzene rings is 1. The normalized spacial score (nSPS) is 12.2. The van der Waals surface area contributed by atoms with Gasteiger partial charge in [-0.15, -0.1) is 0 Å². The molecule has 2 aromatic heterocycles. The summed E-state index contributed by atoms with van der Waals surface area (Å²) in [5.41, 5.74) is 14.1. The molecule has 0 atom stereocenters. The van der Waals surface area contributed by atoms with Gasteiger partial charge in [0.1, 0.15) is 17.8 Å². The second-order valence-corrected chi connectivity index (χ2v) is 5.52. The zero-order valence-corrected chi connectivity index (χ0v) is 14.6. The van der Waals surface area contributed by atoms with Crippen LogP contribution < -0.4 is 16.8 Å². The predicted molar refractivity (Wildman–Crippen MR) is 101 cm³/mol. The van der Waals surface area contributed by atoms with Gasteiger partial charge in [-0.3, -0.25) is 4.99 Å². The molecule has 3 aromatic rings. The summed E-state index contributed by atoms with van der Waals surface area (Å²) in [6.45, 7) is 0.111. The number of aliphatic imine (C=N–C) groups is 1. The van der Waals surface area contributed by atoms with E-state index in [0.29, 0.717) is 22.7 Å². The summed E-state index contributed by atoms with van der Waals surface area (Å²) in [6.07, 6.45) is 4.49. The first-order valence-electron chi connectivity index (χ1n) is 8.05. The van der Waals surface area contributed by atoms with Crippen molar-refractivity contribution in [1.82, 2.24) is 15.1 Å². The molecule has 138 valence electrons. The SMILES string of the molecule is CNc1cnc(/C(N)=C/C(=NCc2ccccc2F)c2ccon2)nc1N. The van der Waals surface area contributed by atoms with Gasteiger partial charge in [0.15, 0.2) is 11.6 Å². The second kappa shape index (κ2) is 8.09. The highest BCUT2D eigenvalue weighted by molar-refractivity contribution is 6.10. The molecule has 9 heteroatoms. The fourth-order valence-corrected chi connectivity index (χ4v) is 2.28. The molecule has 5 N–H and O–H groups in total. The van der Waals surface area contributed by atoms with Crippen molar-refractivity contribution in [2.75, 3.05) is 18.1 Å². The van der Waals surface area contributed by atoms with E-state index < -0.39 is 0 Å². The standard InChI is InChI=1S/C18H18FN7O/c1-22-16-10-24-18(25-17(16)21)13(20)8-15(14-6-7-27-26-14)23-9-11-4-2-3-5-12(11)19/h2-8,10,22H,9,20H2,1H3,(H2,21,24,25)/b13-8-,23-15?. The summed E-state index contributed by atoms with van der Waals surface area (Å²) in [4.78, 5) is 12.8. The van der Waals surface area contributed by atoms with Gasteiger partial charge in [0, 0.05) is 18.7 Å². The molecule has 0 radical (unpaired) electrons. The van der Waals surface area contributed by atoms with Crippen molar-refractivity contribution in [3.63, 3.8) is 0 Å². The number of aromatic nitrogens is 3. The molecule has 0 spiro atoms. The van der Waals surface area contributed by atoms with Crippen LogP contribution in [0.1, 0.15) is 17.1 Å². The molecule has 0 aliphatic heterocycles. The molecular formula is C18H18FN7O. The zero-order chi connectivity index (χ0) is 19.2. The van der Waals surface area contributed by atoms with E-state index in [-0.39, 0.29) is 29.7 Å². The Labute approximate surface area is 154 Å². The topological polar surface area (TPSA) is 128 Å². The van der Waals surface area contributed by atoms with Gasteiger partial charge in [0.05, 0.1) is 29.8 Å². The molecule has 3 rings (SSSR count). The molecular weight excluding hydrogens is 349 g/mol. The smallest absolute Gasteiger partial charge is 0.177 e. The number of nitrogens with one attached hydrogen (secondary N) is 1.